The Hall–Kier alpha value is -2.34. The molecule has 0 spiro atoms. The first kappa shape index (κ1) is 17.1. The van der Waals surface area contributed by atoms with Gasteiger partial charge in [0.1, 0.15) is 24.3 Å². The predicted molar refractivity (Wildman–Crippen MR) is 112 cm³/mol. The molecule has 4 rings (SSSR count). The van der Waals surface area contributed by atoms with Gasteiger partial charge in [-0.15, -0.1) is 0 Å². The number of fused-ring (bicyclic) bond motifs is 2. The van der Waals surface area contributed by atoms with E-state index in [2.05, 4.69) is 50.6 Å². The van der Waals surface area contributed by atoms with Gasteiger partial charge in [0.15, 0.2) is 23.8 Å². The smallest absolute Gasteiger partial charge is 0.168 e. The zero-order chi connectivity index (χ0) is 17.6. The summed E-state index contributed by atoms with van der Waals surface area (Å²) in [7, 11) is 3.55. The van der Waals surface area contributed by atoms with E-state index in [9.17, 15) is 0 Å². The Morgan fingerprint density at radius 2 is 1.31 bits per heavy atom. The highest BCUT2D eigenvalue weighted by Gasteiger charge is 2.26. The van der Waals surface area contributed by atoms with Gasteiger partial charge in [0.25, 0.3) is 0 Å². The normalized spacial score (nSPS) is 28.0. The van der Waals surface area contributed by atoms with Crippen LogP contribution in [-0.2, 0) is 0 Å². The van der Waals surface area contributed by atoms with Crippen molar-refractivity contribution in [2.45, 2.75) is 12.1 Å². The number of aliphatic imine (C=N–C) groups is 8. The number of nitrogens with one attached hydrogen (secondary N) is 2. The molecule has 0 aliphatic carbocycles. The van der Waals surface area contributed by atoms with Crippen LogP contribution in [0.2, 0.25) is 0 Å². The van der Waals surface area contributed by atoms with Crippen molar-refractivity contribution in [3.8, 4) is 0 Å². The van der Waals surface area contributed by atoms with Crippen molar-refractivity contribution in [3.63, 3.8) is 0 Å². The van der Waals surface area contributed by atoms with Crippen molar-refractivity contribution in [2.24, 2.45) is 39.9 Å². The van der Waals surface area contributed by atoms with Gasteiger partial charge in [-0.2, -0.15) is 0 Å². The molecule has 4 heterocycles. The van der Waals surface area contributed by atoms with Gasteiger partial charge in [-0.05, 0) is 0 Å². The number of nitrogens with zero attached hydrogens (tertiary/aromatic N) is 8. The van der Waals surface area contributed by atoms with Gasteiger partial charge in [-0.3, -0.25) is 20.0 Å². The van der Waals surface area contributed by atoms with Crippen LogP contribution in [0.1, 0.15) is 0 Å². The van der Waals surface area contributed by atoms with E-state index in [0.717, 1.165) is 23.2 Å². The van der Waals surface area contributed by atoms with E-state index in [1.807, 2.05) is 0 Å². The molecular formula is C14H16N10S2. The molecule has 2 N–H and O–H groups in total. The van der Waals surface area contributed by atoms with E-state index < -0.39 is 0 Å². The molecular weight excluding hydrogens is 372 g/mol. The zero-order valence-electron chi connectivity index (χ0n) is 13.7. The van der Waals surface area contributed by atoms with Gasteiger partial charge in [-0.1, -0.05) is 21.6 Å². The first-order valence-corrected chi connectivity index (χ1v) is 10.5. The average Bonchev–Trinajstić information content (AvgIpc) is 3.33. The lowest BCUT2D eigenvalue weighted by Gasteiger charge is -2.15. The molecule has 0 amide bonds. The van der Waals surface area contributed by atoms with Crippen LogP contribution in [0.5, 0.6) is 0 Å². The maximum absolute atomic E-state index is 4.52. The summed E-state index contributed by atoms with van der Waals surface area (Å²) >= 11 is 0. The molecule has 0 saturated heterocycles. The fourth-order valence-corrected chi connectivity index (χ4v) is 4.18. The summed E-state index contributed by atoms with van der Waals surface area (Å²) in [6, 6.07) is -0.323. The Morgan fingerprint density at radius 3 is 1.81 bits per heavy atom. The topological polar surface area (TPSA) is 123 Å². The van der Waals surface area contributed by atoms with E-state index in [-0.39, 0.29) is 12.1 Å². The maximum atomic E-state index is 4.52. The Balaban J connectivity index is 1.14. The maximum Gasteiger partial charge on any atom is 0.168 e. The van der Waals surface area contributed by atoms with Crippen LogP contribution in [0.25, 0.3) is 0 Å². The summed E-state index contributed by atoms with van der Waals surface area (Å²) in [6.07, 6.45) is 6.30. The molecule has 2 atom stereocenters. The molecule has 4 aliphatic rings. The summed E-state index contributed by atoms with van der Waals surface area (Å²) in [6.45, 7) is 1.40. The molecule has 4 aliphatic heterocycles. The Bertz CT molecular complexity index is 726. The van der Waals surface area contributed by atoms with Crippen LogP contribution < -0.4 is 10.6 Å². The molecule has 10 nitrogen and oxygen atoms in total. The molecule has 134 valence electrons. The lowest BCUT2D eigenvalue weighted by Crippen LogP contribution is -2.40. The highest BCUT2D eigenvalue weighted by molar-refractivity contribution is 8.76. The Morgan fingerprint density at radius 1 is 0.808 bits per heavy atom. The molecule has 0 aromatic carbocycles. The summed E-state index contributed by atoms with van der Waals surface area (Å²) in [5.41, 5.74) is 0. The quantitative estimate of drug-likeness (QED) is 0.472. The molecule has 26 heavy (non-hydrogen) atoms. The molecule has 0 aromatic heterocycles. The SMILES string of the molecule is C1=NC(=NCCSSCCN=C2N=CNC3=NC=NC23)C2N=CN=C2N1. The van der Waals surface area contributed by atoms with Gasteiger partial charge < -0.3 is 10.6 Å². The van der Waals surface area contributed by atoms with E-state index in [1.165, 1.54) is 0 Å². The number of amidine groups is 4. The van der Waals surface area contributed by atoms with Crippen LogP contribution in [0.3, 0.4) is 0 Å². The molecule has 0 fully saturated rings. The van der Waals surface area contributed by atoms with Crippen molar-refractivity contribution in [1.82, 2.24) is 10.6 Å². The highest BCUT2D eigenvalue weighted by atomic mass is 33.1. The van der Waals surface area contributed by atoms with Crippen LogP contribution in [0, 0.1) is 0 Å². The largest absolute Gasteiger partial charge is 0.332 e. The minimum atomic E-state index is -0.161. The van der Waals surface area contributed by atoms with Crippen molar-refractivity contribution >= 4 is 70.3 Å². The van der Waals surface area contributed by atoms with Crippen LogP contribution in [0.15, 0.2) is 39.9 Å². The second kappa shape index (κ2) is 8.36. The fourth-order valence-electron chi connectivity index (χ4n) is 2.45. The van der Waals surface area contributed by atoms with Gasteiger partial charge in [-0.25, -0.2) is 20.0 Å². The van der Waals surface area contributed by atoms with Crippen molar-refractivity contribution in [2.75, 3.05) is 24.6 Å². The number of hydrogen-bond acceptors (Lipinski definition) is 10. The monoisotopic (exact) mass is 388 g/mol. The number of hydrogen-bond donors (Lipinski definition) is 2. The average molecular weight is 388 g/mol. The summed E-state index contributed by atoms with van der Waals surface area (Å²) in [4.78, 5) is 34.3. The van der Waals surface area contributed by atoms with Gasteiger partial charge in [0.05, 0.1) is 25.8 Å². The van der Waals surface area contributed by atoms with Crippen LogP contribution in [-0.4, -0.2) is 85.4 Å². The van der Waals surface area contributed by atoms with E-state index in [1.54, 1.807) is 46.9 Å². The fraction of sp³-hybridized carbons (Fsp3) is 0.429. The third-order valence-corrected chi connectivity index (χ3v) is 6.00. The number of rotatable bonds is 7. The molecule has 2 unspecified atom stereocenters. The molecule has 0 aromatic rings. The minimum absolute atomic E-state index is 0.161. The Labute approximate surface area is 157 Å². The second-order valence-electron chi connectivity index (χ2n) is 5.29. The molecule has 0 radical (unpaired) electrons. The van der Waals surface area contributed by atoms with Gasteiger partial charge in [0.2, 0.25) is 0 Å². The lowest BCUT2D eigenvalue weighted by atomic mass is 10.2. The molecule has 0 saturated carbocycles. The van der Waals surface area contributed by atoms with Crippen LogP contribution in [0.4, 0.5) is 0 Å². The van der Waals surface area contributed by atoms with Gasteiger partial charge in [0, 0.05) is 11.5 Å². The third kappa shape index (κ3) is 3.90. The van der Waals surface area contributed by atoms with Crippen molar-refractivity contribution in [1.29, 1.82) is 0 Å². The summed E-state index contributed by atoms with van der Waals surface area (Å²) in [5.74, 6) is 4.82. The molecule has 0 bridgehead atoms. The van der Waals surface area contributed by atoms with E-state index >= 15 is 0 Å². The van der Waals surface area contributed by atoms with Crippen molar-refractivity contribution in [3.05, 3.63) is 0 Å². The van der Waals surface area contributed by atoms with E-state index in [0.29, 0.717) is 24.8 Å². The third-order valence-electron chi connectivity index (χ3n) is 3.63. The standard InChI is InChI=1S/C14H16N10S2/c1(15-11-9-13(19-5-17-9)23-7-21-11)3-25-26-4-2-16-12-10-14(20-6-18-10)24-8-22-12/h5-10H,1-4H2,(H,15,17,19,21,23)(H,16,18,20,22,24). The van der Waals surface area contributed by atoms with Gasteiger partial charge >= 0.3 is 0 Å². The molecule has 12 heteroatoms. The summed E-state index contributed by atoms with van der Waals surface area (Å²) in [5, 5.41) is 5.96. The van der Waals surface area contributed by atoms with Crippen LogP contribution >= 0.6 is 21.6 Å². The predicted octanol–water partition coefficient (Wildman–Crippen LogP) is 0.0458. The highest BCUT2D eigenvalue weighted by Crippen LogP contribution is 2.20. The first-order chi connectivity index (χ1) is 12.9. The minimum Gasteiger partial charge on any atom is -0.332 e. The zero-order valence-corrected chi connectivity index (χ0v) is 15.3. The van der Waals surface area contributed by atoms with Crippen molar-refractivity contribution < 1.29 is 0 Å². The lowest BCUT2D eigenvalue weighted by molar-refractivity contribution is 1.03. The Kier molecular flexibility index (Phi) is 5.50. The first-order valence-electron chi connectivity index (χ1n) is 8.02. The summed E-state index contributed by atoms with van der Waals surface area (Å²) < 4.78 is 0. The second-order valence-corrected chi connectivity index (χ2v) is 7.99. The van der Waals surface area contributed by atoms with E-state index in [4.69, 9.17) is 0 Å².